The van der Waals surface area contributed by atoms with Crippen molar-refractivity contribution in [2.45, 2.75) is 161 Å². The largest absolute Gasteiger partial charge is 0.0654 e. The summed E-state index contributed by atoms with van der Waals surface area (Å²) in [7, 11) is 0. The monoisotopic (exact) mass is 416 g/mol. The standard InChI is InChI=1S/C30H56/c1-2-3-4-5-6-7-8-12-20-27(22-15-19-26-17-10-9-11-18-26)30-25-16-23-28-21-13-14-24-29(28)30/h26-30H,2-25H2,1H3. The number of rotatable bonds is 14. The maximum atomic E-state index is 2.33. The van der Waals surface area contributed by atoms with Crippen molar-refractivity contribution < 1.29 is 0 Å². The highest BCUT2D eigenvalue weighted by Gasteiger charge is 2.38. The van der Waals surface area contributed by atoms with Crippen LogP contribution < -0.4 is 0 Å². The number of hydrogen-bond acceptors (Lipinski definition) is 0. The molecule has 0 aromatic carbocycles. The molecule has 0 aliphatic heterocycles. The quantitative estimate of drug-likeness (QED) is 0.247. The summed E-state index contributed by atoms with van der Waals surface area (Å²) in [6.45, 7) is 2.33. The van der Waals surface area contributed by atoms with E-state index in [4.69, 9.17) is 0 Å². The van der Waals surface area contributed by atoms with Crippen LogP contribution in [0.15, 0.2) is 0 Å². The van der Waals surface area contributed by atoms with Crippen molar-refractivity contribution in [3.8, 4) is 0 Å². The third-order valence-corrected chi connectivity index (χ3v) is 9.58. The lowest BCUT2D eigenvalue weighted by atomic mass is 9.60. The molecule has 176 valence electrons. The first kappa shape index (κ1) is 24.6. The fraction of sp³-hybridized carbons (Fsp3) is 1.00. The Morgan fingerprint density at radius 1 is 0.567 bits per heavy atom. The van der Waals surface area contributed by atoms with Crippen LogP contribution in [0.2, 0.25) is 0 Å². The van der Waals surface area contributed by atoms with Crippen molar-refractivity contribution in [1.29, 1.82) is 0 Å². The van der Waals surface area contributed by atoms with E-state index < -0.39 is 0 Å². The van der Waals surface area contributed by atoms with Gasteiger partial charge in [-0.3, -0.25) is 0 Å². The van der Waals surface area contributed by atoms with E-state index in [1.165, 1.54) is 77.0 Å². The molecule has 3 aliphatic rings. The Morgan fingerprint density at radius 3 is 2.00 bits per heavy atom. The molecule has 0 nitrogen and oxygen atoms in total. The van der Waals surface area contributed by atoms with E-state index in [2.05, 4.69) is 6.92 Å². The molecular weight excluding hydrogens is 360 g/mol. The van der Waals surface area contributed by atoms with Gasteiger partial charge in [-0.2, -0.15) is 0 Å². The molecule has 3 saturated carbocycles. The maximum absolute atomic E-state index is 2.33. The van der Waals surface area contributed by atoms with Gasteiger partial charge in [-0.25, -0.2) is 0 Å². The minimum atomic E-state index is 1.08. The number of hydrogen-bond donors (Lipinski definition) is 0. The van der Waals surface area contributed by atoms with Gasteiger partial charge in [-0.15, -0.1) is 0 Å². The fourth-order valence-corrected chi connectivity index (χ4v) is 7.83. The van der Waals surface area contributed by atoms with E-state index in [1.807, 2.05) is 0 Å². The summed E-state index contributed by atoms with van der Waals surface area (Å²) in [5, 5.41) is 0. The molecule has 3 rings (SSSR count). The van der Waals surface area contributed by atoms with Crippen LogP contribution in [0.3, 0.4) is 0 Å². The molecule has 0 radical (unpaired) electrons. The zero-order valence-electron chi connectivity index (χ0n) is 20.9. The first-order valence-corrected chi connectivity index (χ1v) is 14.9. The van der Waals surface area contributed by atoms with E-state index in [-0.39, 0.29) is 0 Å². The Morgan fingerprint density at radius 2 is 1.20 bits per heavy atom. The molecular formula is C30H56. The average Bonchev–Trinajstić information content (AvgIpc) is 2.80. The van der Waals surface area contributed by atoms with Gasteiger partial charge < -0.3 is 0 Å². The van der Waals surface area contributed by atoms with E-state index in [9.17, 15) is 0 Å². The Kier molecular flexibility index (Phi) is 12.3. The van der Waals surface area contributed by atoms with Crippen molar-refractivity contribution in [3.63, 3.8) is 0 Å². The Labute approximate surface area is 190 Å². The van der Waals surface area contributed by atoms with Gasteiger partial charge in [0.2, 0.25) is 0 Å². The Bertz CT molecular complexity index is 404. The summed E-state index contributed by atoms with van der Waals surface area (Å²) < 4.78 is 0. The lowest BCUT2D eigenvalue weighted by Crippen LogP contribution is -2.35. The van der Waals surface area contributed by atoms with Crippen molar-refractivity contribution in [2.24, 2.45) is 29.6 Å². The van der Waals surface area contributed by atoms with Crippen LogP contribution in [0.5, 0.6) is 0 Å². The molecule has 4 atom stereocenters. The van der Waals surface area contributed by atoms with Crippen LogP contribution in [0, 0.1) is 29.6 Å². The minimum Gasteiger partial charge on any atom is -0.0654 e. The van der Waals surface area contributed by atoms with Gasteiger partial charge in [-0.1, -0.05) is 148 Å². The minimum absolute atomic E-state index is 1.08. The molecule has 0 aromatic rings. The van der Waals surface area contributed by atoms with Crippen LogP contribution in [-0.2, 0) is 0 Å². The molecule has 30 heavy (non-hydrogen) atoms. The summed E-state index contributed by atoms with van der Waals surface area (Å²) in [6.07, 6.45) is 36.8. The van der Waals surface area contributed by atoms with Gasteiger partial charge in [0.15, 0.2) is 0 Å². The number of unbranched alkanes of at least 4 members (excludes halogenated alkanes) is 7. The molecule has 0 heteroatoms. The van der Waals surface area contributed by atoms with Crippen LogP contribution in [0.25, 0.3) is 0 Å². The van der Waals surface area contributed by atoms with E-state index in [0.29, 0.717) is 0 Å². The predicted molar refractivity (Wildman–Crippen MR) is 134 cm³/mol. The van der Waals surface area contributed by atoms with Crippen molar-refractivity contribution >= 4 is 0 Å². The lowest BCUT2D eigenvalue weighted by Gasteiger charge is -2.45. The zero-order chi connectivity index (χ0) is 20.9. The Balaban J connectivity index is 1.42. The Hall–Kier alpha value is 0. The second kappa shape index (κ2) is 14.9. The van der Waals surface area contributed by atoms with Crippen LogP contribution in [0.4, 0.5) is 0 Å². The highest BCUT2D eigenvalue weighted by atomic mass is 14.4. The highest BCUT2D eigenvalue weighted by molar-refractivity contribution is 4.88. The molecule has 0 N–H and O–H groups in total. The zero-order valence-corrected chi connectivity index (χ0v) is 20.9. The van der Waals surface area contributed by atoms with Crippen molar-refractivity contribution in [3.05, 3.63) is 0 Å². The van der Waals surface area contributed by atoms with Gasteiger partial charge in [0.05, 0.1) is 0 Å². The molecule has 3 aliphatic carbocycles. The molecule has 0 heterocycles. The second-order valence-electron chi connectivity index (χ2n) is 11.8. The molecule has 3 fully saturated rings. The van der Waals surface area contributed by atoms with E-state index >= 15 is 0 Å². The maximum Gasteiger partial charge on any atom is -0.0355 e. The first-order chi connectivity index (χ1) is 14.9. The fourth-order valence-electron chi connectivity index (χ4n) is 7.83. The van der Waals surface area contributed by atoms with Gasteiger partial charge in [-0.05, 0) is 42.4 Å². The van der Waals surface area contributed by atoms with Crippen LogP contribution in [0.1, 0.15) is 161 Å². The molecule has 4 unspecified atom stereocenters. The molecule has 0 saturated heterocycles. The smallest absolute Gasteiger partial charge is 0.0355 e. The summed E-state index contributed by atoms with van der Waals surface area (Å²) in [4.78, 5) is 0. The predicted octanol–water partition coefficient (Wildman–Crippen LogP) is 10.5. The average molecular weight is 417 g/mol. The normalized spacial score (nSPS) is 28.9. The van der Waals surface area contributed by atoms with E-state index in [1.54, 1.807) is 77.0 Å². The van der Waals surface area contributed by atoms with Crippen LogP contribution >= 0.6 is 0 Å². The summed E-state index contributed by atoms with van der Waals surface area (Å²) >= 11 is 0. The van der Waals surface area contributed by atoms with Gasteiger partial charge in [0.1, 0.15) is 0 Å². The molecule has 0 spiro atoms. The van der Waals surface area contributed by atoms with Gasteiger partial charge in [0, 0.05) is 0 Å². The van der Waals surface area contributed by atoms with E-state index in [0.717, 1.165) is 29.6 Å². The lowest BCUT2D eigenvalue weighted by molar-refractivity contribution is 0.0548. The third-order valence-electron chi connectivity index (χ3n) is 9.58. The first-order valence-electron chi connectivity index (χ1n) is 14.9. The molecule has 0 amide bonds. The molecule has 0 aromatic heterocycles. The van der Waals surface area contributed by atoms with Crippen LogP contribution in [-0.4, -0.2) is 0 Å². The third kappa shape index (κ3) is 8.50. The summed E-state index contributed by atoms with van der Waals surface area (Å²) in [6, 6.07) is 0. The van der Waals surface area contributed by atoms with Gasteiger partial charge in [0.25, 0.3) is 0 Å². The highest BCUT2D eigenvalue weighted by Crippen LogP contribution is 2.48. The SMILES string of the molecule is CCCCCCCCCCC(CCCC1CCCCC1)C1CCCC2CCCCC21. The van der Waals surface area contributed by atoms with Crippen molar-refractivity contribution in [2.75, 3.05) is 0 Å². The van der Waals surface area contributed by atoms with Crippen molar-refractivity contribution in [1.82, 2.24) is 0 Å². The van der Waals surface area contributed by atoms with Gasteiger partial charge >= 0.3 is 0 Å². The summed E-state index contributed by atoms with van der Waals surface area (Å²) in [5.41, 5.74) is 0. The second-order valence-corrected chi connectivity index (χ2v) is 11.8. The molecule has 0 bridgehead atoms. The number of fused-ring (bicyclic) bond motifs is 1. The topological polar surface area (TPSA) is 0 Å². The summed E-state index contributed by atoms with van der Waals surface area (Å²) in [5.74, 6) is 5.54.